The van der Waals surface area contributed by atoms with Crippen LogP contribution in [0.2, 0.25) is 0 Å². The van der Waals surface area contributed by atoms with E-state index in [9.17, 15) is 14.0 Å². The van der Waals surface area contributed by atoms with Gasteiger partial charge in [-0.15, -0.1) is 0 Å². The van der Waals surface area contributed by atoms with E-state index in [1.54, 1.807) is 0 Å². The molecular formula is C15H18FN3O3. The zero-order valence-electron chi connectivity index (χ0n) is 12.1. The van der Waals surface area contributed by atoms with Crippen LogP contribution in [0.25, 0.3) is 0 Å². The van der Waals surface area contributed by atoms with Crippen molar-refractivity contribution in [2.45, 2.75) is 44.2 Å². The first-order valence-corrected chi connectivity index (χ1v) is 7.64. The maximum absolute atomic E-state index is 14.9. The number of imidazole rings is 1. The van der Waals surface area contributed by atoms with E-state index in [1.165, 1.54) is 6.33 Å². The van der Waals surface area contributed by atoms with Gasteiger partial charge < -0.3 is 15.5 Å². The van der Waals surface area contributed by atoms with Gasteiger partial charge in [0, 0.05) is 0 Å². The minimum Gasteiger partial charge on any atom is -0.404 e. The summed E-state index contributed by atoms with van der Waals surface area (Å²) in [6.45, 7) is 0. The summed E-state index contributed by atoms with van der Waals surface area (Å²) < 4.78 is 20.2. The van der Waals surface area contributed by atoms with Gasteiger partial charge in [0.1, 0.15) is 5.67 Å². The average molecular weight is 307 g/mol. The molecule has 0 saturated heterocycles. The number of halogens is 1. The van der Waals surface area contributed by atoms with E-state index in [0.717, 1.165) is 6.42 Å². The Morgan fingerprint density at radius 1 is 1.32 bits per heavy atom. The number of H-pyrrole nitrogens is 1. The zero-order valence-corrected chi connectivity index (χ0v) is 12.1. The van der Waals surface area contributed by atoms with Gasteiger partial charge in [-0.05, 0) is 50.4 Å². The third-order valence-electron chi connectivity index (χ3n) is 5.46. The number of hydrogen-bond acceptors (Lipinski definition) is 4. The lowest BCUT2D eigenvalue weighted by molar-refractivity contribution is -0.174. The van der Waals surface area contributed by atoms with Gasteiger partial charge in [0.15, 0.2) is 5.69 Å². The number of nitrogens with zero attached hydrogens (tertiary/aromatic N) is 1. The number of carbonyl (C=O) groups excluding carboxylic acids is 2. The molecule has 1 heterocycles. The minimum absolute atomic E-state index is 0.0342. The molecule has 2 atom stereocenters. The van der Waals surface area contributed by atoms with Crippen LogP contribution >= 0.6 is 0 Å². The first-order valence-electron chi connectivity index (χ1n) is 7.64. The molecular weight excluding hydrogens is 289 g/mol. The highest BCUT2D eigenvalue weighted by molar-refractivity contribution is 5.94. The number of nitrogens with two attached hydrogens (primary N) is 1. The standard InChI is InChI=1S/C15H18FN3O3/c16-15-4-8-1-9(5-15)3-14(2-8,6-15)13(21)22-12-10(11(17)20)18-7-19-12/h7-9H,1-6H2,(H2,17,20)(H,18,19). The Balaban J connectivity index is 1.60. The number of hydrogen-bond donors (Lipinski definition) is 2. The van der Waals surface area contributed by atoms with Crippen LogP contribution in [-0.2, 0) is 4.79 Å². The van der Waals surface area contributed by atoms with Crippen molar-refractivity contribution in [3.8, 4) is 5.88 Å². The quantitative estimate of drug-likeness (QED) is 0.831. The molecule has 3 N–H and O–H groups in total. The van der Waals surface area contributed by atoms with Crippen LogP contribution < -0.4 is 10.5 Å². The Bertz CT molecular complexity index is 642. The SMILES string of the molecule is NC(=O)c1[nH]cnc1OC(=O)C12CC3CC(CC(F)(C3)C1)C2. The van der Waals surface area contributed by atoms with Gasteiger partial charge in [-0.3, -0.25) is 9.59 Å². The summed E-state index contributed by atoms with van der Waals surface area (Å²) in [6.07, 6.45) is 4.95. The summed E-state index contributed by atoms with van der Waals surface area (Å²) >= 11 is 0. The monoisotopic (exact) mass is 307 g/mol. The predicted octanol–water partition coefficient (Wildman–Crippen LogP) is 1.72. The van der Waals surface area contributed by atoms with E-state index in [4.69, 9.17) is 10.5 Å². The number of primary amides is 1. The number of ether oxygens (including phenoxy) is 1. The molecule has 1 amide bonds. The summed E-state index contributed by atoms with van der Waals surface area (Å²) in [5, 5.41) is 0. The Morgan fingerprint density at radius 2 is 2.00 bits per heavy atom. The van der Waals surface area contributed by atoms with Crippen LogP contribution in [0.3, 0.4) is 0 Å². The molecule has 0 aromatic carbocycles. The maximum atomic E-state index is 14.9. The fourth-order valence-corrected chi connectivity index (χ4v) is 5.12. The number of aromatic nitrogens is 2. The smallest absolute Gasteiger partial charge is 0.319 e. The molecule has 0 aliphatic heterocycles. The number of alkyl halides is 1. The van der Waals surface area contributed by atoms with Gasteiger partial charge in [-0.25, -0.2) is 9.37 Å². The summed E-state index contributed by atoms with van der Waals surface area (Å²) in [7, 11) is 0. The number of carbonyl (C=O) groups is 2. The molecule has 7 heteroatoms. The molecule has 4 aliphatic carbocycles. The molecule has 2 unspecified atom stereocenters. The van der Waals surface area contributed by atoms with Gasteiger partial charge in [-0.1, -0.05) is 0 Å². The number of nitrogens with one attached hydrogen (secondary N) is 1. The van der Waals surface area contributed by atoms with Crippen molar-refractivity contribution in [3.05, 3.63) is 12.0 Å². The largest absolute Gasteiger partial charge is 0.404 e. The molecule has 4 saturated carbocycles. The summed E-state index contributed by atoms with van der Waals surface area (Å²) in [5.74, 6) is -0.811. The molecule has 4 bridgehead atoms. The molecule has 0 radical (unpaired) electrons. The first kappa shape index (κ1) is 13.7. The minimum atomic E-state index is -1.23. The van der Waals surface area contributed by atoms with E-state index in [2.05, 4.69) is 9.97 Å². The highest BCUT2D eigenvalue weighted by Crippen LogP contribution is 2.63. The summed E-state index contributed by atoms with van der Waals surface area (Å²) in [4.78, 5) is 30.3. The van der Waals surface area contributed by atoms with Crippen molar-refractivity contribution in [1.82, 2.24) is 9.97 Å². The molecule has 0 spiro atoms. The highest BCUT2D eigenvalue weighted by atomic mass is 19.1. The predicted molar refractivity (Wildman–Crippen MR) is 73.7 cm³/mol. The third kappa shape index (κ3) is 1.94. The molecule has 4 fully saturated rings. The summed E-state index contributed by atoms with van der Waals surface area (Å²) in [6, 6.07) is 0. The Kier molecular flexibility index (Phi) is 2.68. The number of aromatic amines is 1. The Hall–Kier alpha value is -1.92. The Labute approximate surface area is 126 Å². The lowest BCUT2D eigenvalue weighted by atomic mass is 9.48. The van der Waals surface area contributed by atoms with E-state index in [0.29, 0.717) is 25.7 Å². The highest BCUT2D eigenvalue weighted by Gasteiger charge is 2.62. The second kappa shape index (κ2) is 4.30. The van der Waals surface area contributed by atoms with Crippen LogP contribution in [-0.4, -0.2) is 27.5 Å². The first-order chi connectivity index (χ1) is 10.4. The normalized spacial score (nSPS) is 39.0. The number of esters is 1. The van der Waals surface area contributed by atoms with Gasteiger partial charge in [-0.2, -0.15) is 0 Å². The second-order valence-electron chi connectivity index (χ2n) is 7.23. The van der Waals surface area contributed by atoms with Crippen LogP contribution in [0, 0.1) is 17.3 Å². The number of rotatable bonds is 3. The van der Waals surface area contributed by atoms with Gasteiger partial charge >= 0.3 is 5.97 Å². The fourth-order valence-electron chi connectivity index (χ4n) is 5.12. The van der Waals surface area contributed by atoms with Crippen molar-refractivity contribution >= 4 is 11.9 Å². The zero-order chi connectivity index (χ0) is 15.5. The van der Waals surface area contributed by atoms with E-state index in [-0.39, 0.29) is 29.8 Å². The van der Waals surface area contributed by atoms with Gasteiger partial charge in [0.05, 0.1) is 11.7 Å². The average Bonchev–Trinajstić information content (AvgIpc) is 2.84. The van der Waals surface area contributed by atoms with Crippen molar-refractivity contribution in [2.75, 3.05) is 0 Å². The van der Waals surface area contributed by atoms with Crippen molar-refractivity contribution < 1.29 is 18.7 Å². The number of amides is 1. The molecule has 4 aliphatic rings. The van der Waals surface area contributed by atoms with Crippen molar-refractivity contribution in [3.63, 3.8) is 0 Å². The van der Waals surface area contributed by atoms with Gasteiger partial charge in [0.25, 0.3) is 11.8 Å². The Morgan fingerprint density at radius 3 is 2.59 bits per heavy atom. The van der Waals surface area contributed by atoms with Crippen LogP contribution in [0.5, 0.6) is 5.88 Å². The van der Waals surface area contributed by atoms with E-state index < -0.39 is 23.0 Å². The molecule has 118 valence electrons. The summed E-state index contributed by atoms with van der Waals surface area (Å²) in [5.41, 5.74) is 3.16. The van der Waals surface area contributed by atoms with Crippen molar-refractivity contribution in [2.24, 2.45) is 23.0 Å². The molecule has 1 aromatic heterocycles. The molecule has 22 heavy (non-hydrogen) atoms. The maximum Gasteiger partial charge on any atom is 0.319 e. The fraction of sp³-hybridized carbons (Fsp3) is 0.667. The molecule has 1 aromatic rings. The van der Waals surface area contributed by atoms with Crippen LogP contribution in [0.1, 0.15) is 49.0 Å². The van der Waals surface area contributed by atoms with Crippen LogP contribution in [0.15, 0.2) is 6.33 Å². The third-order valence-corrected chi connectivity index (χ3v) is 5.46. The molecule has 6 nitrogen and oxygen atoms in total. The lowest BCUT2D eigenvalue weighted by Crippen LogP contribution is -2.57. The second-order valence-corrected chi connectivity index (χ2v) is 7.23. The topological polar surface area (TPSA) is 98.1 Å². The van der Waals surface area contributed by atoms with Crippen molar-refractivity contribution in [1.29, 1.82) is 0 Å². The van der Waals surface area contributed by atoms with Crippen LogP contribution in [0.4, 0.5) is 4.39 Å². The van der Waals surface area contributed by atoms with E-state index in [1.807, 2.05) is 0 Å². The van der Waals surface area contributed by atoms with E-state index >= 15 is 0 Å². The van der Waals surface area contributed by atoms with Gasteiger partial charge in [0.2, 0.25) is 0 Å². The molecule has 5 rings (SSSR count). The lowest BCUT2D eigenvalue weighted by Gasteiger charge is -2.57.